The van der Waals surface area contributed by atoms with Crippen LogP contribution in [0.3, 0.4) is 0 Å². The monoisotopic (exact) mass is 325 g/mol. The van der Waals surface area contributed by atoms with Gasteiger partial charge in [-0.25, -0.2) is 4.98 Å². The van der Waals surface area contributed by atoms with Gasteiger partial charge in [-0.3, -0.25) is 0 Å². The minimum Gasteiger partial charge on any atom is -0.497 e. The first-order valence-corrected chi connectivity index (χ1v) is 8.12. The minimum absolute atomic E-state index is 0.696. The lowest BCUT2D eigenvalue weighted by Gasteiger charge is -2.36. The molecule has 1 aromatic carbocycles. The molecule has 1 aromatic heterocycles. The molecule has 1 aliphatic heterocycles. The Bertz CT molecular complexity index is 665. The van der Waals surface area contributed by atoms with E-state index in [1.807, 2.05) is 24.3 Å². The Morgan fingerprint density at radius 2 is 1.83 bits per heavy atom. The van der Waals surface area contributed by atoms with Gasteiger partial charge < -0.3 is 19.9 Å². The van der Waals surface area contributed by atoms with Gasteiger partial charge in [0.1, 0.15) is 11.6 Å². The van der Waals surface area contributed by atoms with E-state index in [1.165, 1.54) is 5.69 Å². The lowest BCUT2D eigenvalue weighted by atomic mass is 10.2. The van der Waals surface area contributed by atoms with Gasteiger partial charge in [0.05, 0.1) is 7.11 Å². The highest BCUT2D eigenvalue weighted by molar-refractivity contribution is 5.51. The number of benzene rings is 1. The molecule has 0 unspecified atom stereocenters. The molecule has 0 radical (unpaired) electrons. The molecule has 3 rings (SSSR count). The zero-order valence-corrected chi connectivity index (χ0v) is 14.0. The van der Waals surface area contributed by atoms with Crippen molar-refractivity contribution in [3.8, 4) is 5.75 Å². The van der Waals surface area contributed by atoms with Crippen LogP contribution in [-0.2, 0) is 0 Å². The molecule has 1 fully saturated rings. The largest absolute Gasteiger partial charge is 0.497 e. The molecule has 1 aliphatic rings. The SMILES string of the molecule is C=CCNc1ccnc(N2CCN(c3ccc(OC)cc3)CC2)n1. The summed E-state index contributed by atoms with van der Waals surface area (Å²) in [5.41, 5.74) is 1.22. The molecule has 0 saturated carbocycles. The second-order valence-electron chi connectivity index (χ2n) is 5.58. The normalized spacial score (nSPS) is 14.4. The lowest BCUT2D eigenvalue weighted by molar-refractivity contribution is 0.415. The number of methoxy groups -OCH3 is 1. The number of ether oxygens (including phenoxy) is 1. The predicted octanol–water partition coefficient (Wildman–Crippen LogP) is 2.41. The third-order valence-electron chi connectivity index (χ3n) is 4.07. The summed E-state index contributed by atoms with van der Waals surface area (Å²) in [7, 11) is 1.69. The van der Waals surface area contributed by atoms with E-state index in [1.54, 1.807) is 13.3 Å². The third-order valence-corrected chi connectivity index (χ3v) is 4.07. The topological polar surface area (TPSA) is 53.5 Å². The standard InChI is InChI=1S/C18H23N5O/c1-3-9-19-17-8-10-20-18(21-17)23-13-11-22(12-14-23)15-4-6-16(24-2)7-5-15/h3-8,10H,1,9,11-14H2,2H3,(H,19,20,21). The summed E-state index contributed by atoms with van der Waals surface area (Å²) in [4.78, 5) is 13.6. The molecule has 6 heteroatoms. The van der Waals surface area contributed by atoms with Crippen LogP contribution in [0.15, 0.2) is 49.2 Å². The lowest BCUT2D eigenvalue weighted by Crippen LogP contribution is -2.47. The van der Waals surface area contributed by atoms with E-state index in [0.717, 1.165) is 43.7 Å². The van der Waals surface area contributed by atoms with Crippen LogP contribution in [0.25, 0.3) is 0 Å². The number of anilines is 3. The van der Waals surface area contributed by atoms with Crippen molar-refractivity contribution in [1.82, 2.24) is 9.97 Å². The van der Waals surface area contributed by atoms with Crippen LogP contribution in [0.5, 0.6) is 5.75 Å². The Morgan fingerprint density at radius 3 is 2.50 bits per heavy atom. The van der Waals surface area contributed by atoms with Crippen LogP contribution in [0.1, 0.15) is 0 Å². The maximum absolute atomic E-state index is 5.22. The van der Waals surface area contributed by atoms with Crippen molar-refractivity contribution in [2.75, 3.05) is 55.0 Å². The fourth-order valence-corrected chi connectivity index (χ4v) is 2.73. The molecule has 0 amide bonds. The fourth-order valence-electron chi connectivity index (χ4n) is 2.73. The minimum atomic E-state index is 0.696. The molecule has 0 spiro atoms. The number of piperazine rings is 1. The Morgan fingerprint density at radius 1 is 1.12 bits per heavy atom. The second-order valence-corrected chi connectivity index (χ2v) is 5.58. The van der Waals surface area contributed by atoms with Crippen molar-refractivity contribution in [1.29, 1.82) is 0 Å². The van der Waals surface area contributed by atoms with E-state index < -0.39 is 0 Å². The quantitative estimate of drug-likeness (QED) is 0.823. The van der Waals surface area contributed by atoms with Crippen LogP contribution < -0.4 is 19.9 Å². The Hall–Kier alpha value is -2.76. The van der Waals surface area contributed by atoms with E-state index in [2.05, 4.69) is 43.8 Å². The number of aromatic nitrogens is 2. The van der Waals surface area contributed by atoms with Gasteiger partial charge in [-0.2, -0.15) is 4.98 Å². The highest BCUT2D eigenvalue weighted by Gasteiger charge is 2.19. The summed E-state index contributed by atoms with van der Waals surface area (Å²) in [6, 6.07) is 10.1. The van der Waals surface area contributed by atoms with Gasteiger partial charge in [-0.15, -0.1) is 6.58 Å². The molecule has 1 N–H and O–H groups in total. The molecule has 24 heavy (non-hydrogen) atoms. The summed E-state index contributed by atoms with van der Waals surface area (Å²) in [5, 5.41) is 3.20. The van der Waals surface area contributed by atoms with Crippen molar-refractivity contribution in [2.24, 2.45) is 0 Å². The summed E-state index contributed by atoms with van der Waals surface area (Å²) < 4.78 is 5.22. The van der Waals surface area contributed by atoms with E-state index in [-0.39, 0.29) is 0 Å². The van der Waals surface area contributed by atoms with E-state index in [4.69, 9.17) is 4.74 Å². The van der Waals surface area contributed by atoms with Crippen LogP contribution in [-0.4, -0.2) is 49.8 Å². The van der Waals surface area contributed by atoms with Gasteiger partial charge in [0.2, 0.25) is 5.95 Å². The van der Waals surface area contributed by atoms with E-state index >= 15 is 0 Å². The third kappa shape index (κ3) is 3.76. The molecular formula is C18H23N5O. The first kappa shape index (κ1) is 16.1. The molecular weight excluding hydrogens is 302 g/mol. The zero-order chi connectivity index (χ0) is 16.8. The highest BCUT2D eigenvalue weighted by Crippen LogP contribution is 2.21. The average Bonchev–Trinajstić information content (AvgIpc) is 2.67. The molecule has 2 aromatic rings. The first-order valence-electron chi connectivity index (χ1n) is 8.12. The maximum atomic E-state index is 5.22. The molecule has 0 atom stereocenters. The first-order chi connectivity index (χ1) is 11.8. The van der Waals surface area contributed by atoms with Crippen molar-refractivity contribution < 1.29 is 4.74 Å². The number of rotatable bonds is 6. The van der Waals surface area contributed by atoms with Gasteiger partial charge in [0.25, 0.3) is 0 Å². The molecule has 126 valence electrons. The van der Waals surface area contributed by atoms with E-state index in [9.17, 15) is 0 Å². The van der Waals surface area contributed by atoms with Crippen molar-refractivity contribution in [2.45, 2.75) is 0 Å². The number of nitrogens with one attached hydrogen (secondary N) is 1. The molecule has 0 aliphatic carbocycles. The van der Waals surface area contributed by atoms with Gasteiger partial charge in [-0.1, -0.05) is 6.08 Å². The van der Waals surface area contributed by atoms with Gasteiger partial charge in [-0.05, 0) is 30.3 Å². The summed E-state index contributed by atoms with van der Waals surface area (Å²) in [5.74, 6) is 2.49. The fraction of sp³-hybridized carbons (Fsp3) is 0.333. The van der Waals surface area contributed by atoms with Gasteiger partial charge in [0.15, 0.2) is 0 Å². The van der Waals surface area contributed by atoms with Crippen molar-refractivity contribution >= 4 is 17.5 Å². The summed E-state index contributed by atoms with van der Waals surface area (Å²) >= 11 is 0. The van der Waals surface area contributed by atoms with Crippen LogP contribution in [0.2, 0.25) is 0 Å². The number of hydrogen-bond donors (Lipinski definition) is 1. The number of nitrogens with zero attached hydrogens (tertiary/aromatic N) is 4. The average molecular weight is 325 g/mol. The highest BCUT2D eigenvalue weighted by atomic mass is 16.5. The Balaban J connectivity index is 1.61. The van der Waals surface area contributed by atoms with E-state index in [0.29, 0.717) is 6.54 Å². The molecule has 1 saturated heterocycles. The summed E-state index contributed by atoms with van der Waals surface area (Å²) in [6.45, 7) is 8.09. The van der Waals surface area contributed by atoms with Crippen molar-refractivity contribution in [3.63, 3.8) is 0 Å². The second kappa shape index (κ2) is 7.68. The van der Waals surface area contributed by atoms with Crippen LogP contribution >= 0.6 is 0 Å². The van der Waals surface area contributed by atoms with Gasteiger partial charge >= 0.3 is 0 Å². The Labute approximate surface area is 142 Å². The Kier molecular flexibility index (Phi) is 5.15. The zero-order valence-electron chi connectivity index (χ0n) is 14.0. The van der Waals surface area contributed by atoms with Gasteiger partial charge in [0, 0.05) is 44.6 Å². The van der Waals surface area contributed by atoms with Crippen molar-refractivity contribution in [3.05, 3.63) is 49.2 Å². The maximum Gasteiger partial charge on any atom is 0.227 e. The number of hydrogen-bond acceptors (Lipinski definition) is 6. The smallest absolute Gasteiger partial charge is 0.227 e. The molecule has 6 nitrogen and oxygen atoms in total. The summed E-state index contributed by atoms with van der Waals surface area (Å²) in [6.07, 6.45) is 3.61. The predicted molar refractivity (Wildman–Crippen MR) is 98.1 cm³/mol. The van der Waals surface area contributed by atoms with Crippen LogP contribution in [0, 0.1) is 0 Å². The molecule has 0 bridgehead atoms. The van der Waals surface area contributed by atoms with Crippen LogP contribution in [0.4, 0.5) is 17.5 Å². The molecule has 2 heterocycles.